The lowest BCUT2D eigenvalue weighted by Crippen LogP contribution is -2.52. The van der Waals surface area contributed by atoms with Crippen molar-refractivity contribution in [3.05, 3.63) is 45.4 Å². The van der Waals surface area contributed by atoms with E-state index < -0.39 is 10.0 Å². The monoisotopic (exact) mass is 456 g/mol. The smallest absolute Gasteiger partial charge is 0.243 e. The van der Waals surface area contributed by atoms with Crippen LogP contribution in [0.4, 0.5) is 0 Å². The van der Waals surface area contributed by atoms with Crippen LogP contribution in [0.5, 0.6) is 0 Å². The Kier molecular flexibility index (Phi) is 7.28. The van der Waals surface area contributed by atoms with Gasteiger partial charge in [0.1, 0.15) is 0 Å². The van der Waals surface area contributed by atoms with Crippen LogP contribution < -0.4 is 0 Å². The van der Waals surface area contributed by atoms with E-state index >= 15 is 0 Å². The molecule has 0 radical (unpaired) electrons. The van der Waals surface area contributed by atoms with Gasteiger partial charge in [0.05, 0.1) is 22.1 Å². The number of sulfonamides is 1. The Labute approximate surface area is 180 Å². The molecular weight excluding hydrogens is 432 g/mol. The molecule has 0 N–H and O–H groups in total. The summed E-state index contributed by atoms with van der Waals surface area (Å²) in [4.78, 5) is 21.0. The molecule has 2 heterocycles. The molecule has 3 rings (SSSR count). The number of likely N-dealkylation sites (N-methyl/N-ethyl adjacent to an activating group) is 1. The van der Waals surface area contributed by atoms with Crippen LogP contribution in [0.15, 0.2) is 34.5 Å². The summed E-state index contributed by atoms with van der Waals surface area (Å²) in [7, 11) is -1.68. The Morgan fingerprint density at radius 3 is 2.45 bits per heavy atom. The Morgan fingerprint density at radius 2 is 1.86 bits per heavy atom. The molecule has 0 unspecified atom stereocenters. The molecule has 0 atom stereocenters. The molecule has 10 heteroatoms. The SMILES string of the molecule is CCc1nc(CN(C)CC(=O)N2CCN(S(=O)(=O)c3ccc(Cl)cc3)CC2)cs1. The van der Waals surface area contributed by atoms with Crippen molar-refractivity contribution in [1.29, 1.82) is 0 Å². The number of aryl methyl sites for hydroxylation is 1. The number of hydrogen-bond donors (Lipinski definition) is 0. The van der Waals surface area contributed by atoms with E-state index in [0.717, 1.165) is 17.1 Å². The molecule has 2 aromatic rings. The zero-order valence-electron chi connectivity index (χ0n) is 16.5. The largest absolute Gasteiger partial charge is 0.339 e. The highest BCUT2D eigenvalue weighted by atomic mass is 35.5. The maximum absolute atomic E-state index is 12.7. The second-order valence-electron chi connectivity index (χ2n) is 7.00. The molecule has 1 aliphatic rings. The number of rotatable bonds is 7. The van der Waals surface area contributed by atoms with Crippen molar-refractivity contribution in [2.75, 3.05) is 39.8 Å². The van der Waals surface area contributed by atoms with Crippen molar-refractivity contribution in [3.8, 4) is 0 Å². The Morgan fingerprint density at radius 1 is 1.21 bits per heavy atom. The quantitative estimate of drug-likeness (QED) is 0.639. The second-order valence-corrected chi connectivity index (χ2v) is 10.3. The van der Waals surface area contributed by atoms with Gasteiger partial charge in [-0.3, -0.25) is 9.69 Å². The van der Waals surface area contributed by atoms with E-state index in [1.807, 2.05) is 17.3 Å². The molecule has 7 nitrogen and oxygen atoms in total. The average Bonchev–Trinajstić information content (AvgIpc) is 3.15. The fourth-order valence-corrected chi connectivity index (χ4v) is 5.46. The number of aromatic nitrogens is 1. The second kappa shape index (κ2) is 9.53. The molecule has 1 amide bonds. The highest BCUT2D eigenvalue weighted by Gasteiger charge is 2.30. The molecule has 0 aliphatic carbocycles. The predicted molar refractivity (Wildman–Crippen MR) is 115 cm³/mol. The van der Waals surface area contributed by atoms with E-state index in [-0.39, 0.29) is 30.4 Å². The third-order valence-corrected chi connectivity index (χ3v) is 7.99. The van der Waals surface area contributed by atoms with Crippen LogP contribution in [0.25, 0.3) is 0 Å². The zero-order valence-corrected chi connectivity index (χ0v) is 18.9. The summed E-state index contributed by atoms with van der Waals surface area (Å²) >= 11 is 7.48. The normalized spacial score (nSPS) is 15.8. The van der Waals surface area contributed by atoms with E-state index in [1.54, 1.807) is 28.4 Å². The van der Waals surface area contributed by atoms with Crippen molar-refractivity contribution in [2.24, 2.45) is 0 Å². The summed E-state index contributed by atoms with van der Waals surface area (Å²) in [5.74, 6) is 0.00184. The first-order chi connectivity index (χ1) is 13.8. The summed E-state index contributed by atoms with van der Waals surface area (Å²) in [6, 6.07) is 6.14. The first kappa shape index (κ1) is 22.2. The lowest BCUT2D eigenvalue weighted by molar-refractivity contribution is -0.133. The summed E-state index contributed by atoms with van der Waals surface area (Å²) in [6.07, 6.45) is 0.913. The van der Waals surface area contributed by atoms with Crippen LogP contribution in [-0.4, -0.2) is 73.2 Å². The van der Waals surface area contributed by atoms with Crippen molar-refractivity contribution < 1.29 is 13.2 Å². The van der Waals surface area contributed by atoms with Crippen LogP contribution in [0.3, 0.4) is 0 Å². The van der Waals surface area contributed by atoms with E-state index in [2.05, 4.69) is 11.9 Å². The van der Waals surface area contributed by atoms with Crippen LogP contribution in [0.1, 0.15) is 17.6 Å². The van der Waals surface area contributed by atoms with Gasteiger partial charge in [0, 0.05) is 43.1 Å². The minimum atomic E-state index is -3.57. The number of nitrogens with zero attached hydrogens (tertiary/aromatic N) is 4. The summed E-state index contributed by atoms with van der Waals surface area (Å²) in [5.41, 5.74) is 0.973. The minimum absolute atomic E-state index is 0.00184. The third-order valence-electron chi connectivity index (χ3n) is 4.78. The molecule has 1 aliphatic heterocycles. The van der Waals surface area contributed by atoms with Crippen molar-refractivity contribution >= 4 is 38.9 Å². The van der Waals surface area contributed by atoms with E-state index in [1.165, 1.54) is 16.4 Å². The maximum Gasteiger partial charge on any atom is 0.243 e. The summed E-state index contributed by atoms with van der Waals surface area (Å²) < 4.78 is 26.9. The van der Waals surface area contributed by atoms with Gasteiger partial charge in [0.2, 0.25) is 15.9 Å². The van der Waals surface area contributed by atoms with Gasteiger partial charge in [-0.25, -0.2) is 13.4 Å². The fraction of sp³-hybridized carbons (Fsp3) is 0.474. The standard InChI is InChI=1S/C19H25ClN4O3S2/c1-3-18-21-16(14-28-18)12-22(2)13-19(25)23-8-10-24(11-9-23)29(26,27)17-6-4-15(20)5-7-17/h4-7,14H,3,8-13H2,1-2H3. The molecule has 0 saturated carbocycles. The van der Waals surface area contributed by atoms with Crippen molar-refractivity contribution in [2.45, 2.75) is 24.8 Å². The number of hydrogen-bond acceptors (Lipinski definition) is 6. The first-order valence-electron chi connectivity index (χ1n) is 9.45. The third kappa shape index (κ3) is 5.55. The predicted octanol–water partition coefficient (Wildman–Crippen LogP) is 2.32. The summed E-state index contributed by atoms with van der Waals surface area (Å²) in [5, 5.41) is 3.62. The van der Waals surface area contributed by atoms with Crippen LogP contribution in [0.2, 0.25) is 5.02 Å². The number of piperazine rings is 1. The topological polar surface area (TPSA) is 73.8 Å². The van der Waals surface area contributed by atoms with Gasteiger partial charge < -0.3 is 4.90 Å². The van der Waals surface area contributed by atoms with Gasteiger partial charge in [-0.1, -0.05) is 18.5 Å². The average molecular weight is 457 g/mol. The molecular formula is C19H25ClN4O3S2. The van der Waals surface area contributed by atoms with Crippen LogP contribution >= 0.6 is 22.9 Å². The number of amides is 1. The lowest BCUT2D eigenvalue weighted by atomic mass is 10.3. The number of halogens is 1. The van der Waals surface area contributed by atoms with Gasteiger partial charge in [-0.15, -0.1) is 11.3 Å². The molecule has 1 saturated heterocycles. The van der Waals surface area contributed by atoms with Gasteiger partial charge in [-0.05, 0) is 37.7 Å². The van der Waals surface area contributed by atoms with Gasteiger partial charge >= 0.3 is 0 Å². The number of carbonyl (C=O) groups excluding carboxylic acids is 1. The van der Waals surface area contributed by atoms with Gasteiger partial charge in [-0.2, -0.15) is 4.31 Å². The Bertz CT molecular complexity index is 939. The Hall–Kier alpha value is -1.52. The lowest BCUT2D eigenvalue weighted by Gasteiger charge is -2.34. The fourth-order valence-electron chi connectivity index (χ4n) is 3.18. The molecule has 1 aromatic carbocycles. The number of carbonyl (C=O) groups is 1. The van der Waals surface area contributed by atoms with Crippen LogP contribution in [-0.2, 0) is 27.8 Å². The highest BCUT2D eigenvalue weighted by Crippen LogP contribution is 2.20. The van der Waals surface area contributed by atoms with Crippen molar-refractivity contribution in [1.82, 2.24) is 19.1 Å². The minimum Gasteiger partial charge on any atom is -0.339 e. The summed E-state index contributed by atoms with van der Waals surface area (Å²) in [6.45, 7) is 4.31. The number of benzene rings is 1. The zero-order chi connectivity index (χ0) is 21.0. The Balaban J connectivity index is 1.51. The maximum atomic E-state index is 12.7. The molecule has 1 fully saturated rings. The van der Waals surface area contributed by atoms with Gasteiger partial charge in [0.15, 0.2) is 0 Å². The number of thiazole rings is 1. The van der Waals surface area contributed by atoms with E-state index in [4.69, 9.17) is 11.6 Å². The van der Waals surface area contributed by atoms with Crippen molar-refractivity contribution in [3.63, 3.8) is 0 Å². The first-order valence-corrected chi connectivity index (χ1v) is 12.1. The molecule has 158 valence electrons. The van der Waals surface area contributed by atoms with Gasteiger partial charge in [0.25, 0.3) is 0 Å². The molecule has 0 spiro atoms. The highest BCUT2D eigenvalue weighted by molar-refractivity contribution is 7.89. The van der Waals surface area contributed by atoms with E-state index in [9.17, 15) is 13.2 Å². The van der Waals surface area contributed by atoms with Crippen LogP contribution in [0, 0.1) is 0 Å². The van der Waals surface area contributed by atoms with E-state index in [0.29, 0.717) is 24.7 Å². The molecule has 0 bridgehead atoms. The molecule has 1 aromatic heterocycles. The molecule has 29 heavy (non-hydrogen) atoms.